The number of esters is 1. The number of Topliss-reactive ketones (excluding diaryl/α,β-unsaturated/α-hetero) is 1. The topological polar surface area (TPSA) is 87.7 Å². The summed E-state index contributed by atoms with van der Waals surface area (Å²) in [6.07, 6.45) is 2.92. The van der Waals surface area contributed by atoms with Gasteiger partial charge in [-0.15, -0.1) is 0 Å². The Hall–Kier alpha value is -3.42. The van der Waals surface area contributed by atoms with Crippen LogP contribution in [0.3, 0.4) is 0 Å². The Bertz CT molecular complexity index is 1130. The summed E-state index contributed by atoms with van der Waals surface area (Å²) in [7, 11) is 1.29. The van der Waals surface area contributed by atoms with Crippen LogP contribution in [0.1, 0.15) is 50.6 Å². The van der Waals surface area contributed by atoms with Crippen LogP contribution in [-0.4, -0.2) is 35.1 Å². The van der Waals surface area contributed by atoms with E-state index in [1.54, 1.807) is 32.9 Å². The number of hydrogen-bond donors (Lipinski definition) is 0. The normalized spacial score (nSPS) is 11.5. The fraction of sp³-hybridized carbons (Fsp3) is 0.348. The molecule has 0 bridgehead atoms. The second-order valence-electron chi connectivity index (χ2n) is 8.11. The van der Waals surface area contributed by atoms with Crippen molar-refractivity contribution < 1.29 is 32.7 Å². The third-order valence-corrected chi connectivity index (χ3v) is 4.56. The van der Waals surface area contributed by atoms with E-state index in [-0.39, 0.29) is 30.4 Å². The molecule has 2 heterocycles. The second-order valence-corrected chi connectivity index (χ2v) is 8.11. The zero-order chi connectivity index (χ0) is 22.8. The van der Waals surface area contributed by atoms with Crippen LogP contribution in [0.25, 0.3) is 22.0 Å². The quantitative estimate of drug-likeness (QED) is 0.388. The molecule has 0 fully saturated rings. The van der Waals surface area contributed by atoms with Gasteiger partial charge in [-0.3, -0.25) is 14.2 Å². The third-order valence-electron chi connectivity index (χ3n) is 4.56. The molecular weight excluding hydrogens is 405 g/mol. The van der Waals surface area contributed by atoms with Gasteiger partial charge < -0.3 is 13.9 Å². The first kappa shape index (κ1) is 22.3. The van der Waals surface area contributed by atoms with Crippen molar-refractivity contribution in [2.45, 2.75) is 45.6 Å². The number of furan rings is 1. The summed E-state index contributed by atoms with van der Waals surface area (Å²) < 4.78 is 30.5. The SMILES string of the molecule is COC(=O)CCCC(=O)c1cc(-c2cn(C(=O)OC(C)(C)C)c3cc(F)ccc23)co1. The van der Waals surface area contributed by atoms with Gasteiger partial charge >= 0.3 is 12.1 Å². The van der Waals surface area contributed by atoms with Crippen LogP contribution in [0.15, 0.2) is 41.1 Å². The number of benzene rings is 1. The highest BCUT2D eigenvalue weighted by Crippen LogP contribution is 2.33. The van der Waals surface area contributed by atoms with Crippen molar-refractivity contribution in [1.82, 2.24) is 4.57 Å². The van der Waals surface area contributed by atoms with E-state index in [1.165, 1.54) is 36.3 Å². The minimum absolute atomic E-state index is 0.132. The number of hydrogen-bond acceptors (Lipinski definition) is 6. The van der Waals surface area contributed by atoms with Gasteiger partial charge in [-0.2, -0.15) is 0 Å². The Kier molecular flexibility index (Phi) is 6.29. The Morgan fingerprint density at radius 3 is 2.55 bits per heavy atom. The van der Waals surface area contributed by atoms with Crippen LogP contribution in [0.2, 0.25) is 0 Å². The molecule has 0 N–H and O–H groups in total. The second kappa shape index (κ2) is 8.75. The molecular formula is C23H24FNO6. The van der Waals surface area contributed by atoms with Gasteiger partial charge in [0.2, 0.25) is 0 Å². The summed E-state index contributed by atoms with van der Waals surface area (Å²) >= 11 is 0. The zero-order valence-electron chi connectivity index (χ0n) is 17.9. The summed E-state index contributed by atoms with van der Waals surface area (Å²) in [5.41, 5.74) is 0.783. The predicted molar refractivity (Wildman–Crippen MR) is 111 cm³/mol. The van der Waals surface area contributed by atoms with Crippen molar-refractivity contribution in [1.29, 1.82) is 0 Å². The van der Waals surface area contributed by atoms with Crippen molar-refractivity contribution in [2.75, 3.05) is 7.11 Å². The van der Waals surface area contributed by atoms with E-state index in [0.29, 0.717) is 28.5 Å². The summed E-state index contributed by atoms with van der Waals surface area (Å²) in [6.45, 7) is 5.23. The molecule has 0 unspecified atom stereocenters. The number of rotatable bonds is 6. The van der Waals surface area contributed by atoms with E-state index >= 15 is 0 Å². The fourth-order valence-electron chi connectivity index (χ4n) is 3.13. The molecule has 3 rings (SSSR count). The molecule has 0 atom stereocenters. The Morgan fingerprint density at radius 1 is 1.13 bits per heavy atom. The maximum Gasteiger partial charge on any atom is 0.419 e. The number of ketones is 1. The van der Waals surface area contributed by atoms with Crippen molar-refractivity contribution in [3.63, 3.8) is 0 Å². The molecule has 8 heteroatoms. The molecule has 2 aromatic heterocycles. The lowest BCUT2D eigenvalue weighted by atomic mass is 10.1. The van der Waals surface area contributed by atoms with E-state index < -0.39 is 17.5 Å². The average molecular weight is 429 g/mol. The van der Waals surface area contributed by atoms with Crippen molar-refractivity contribution in [3.8, 4) is 11.1 Å². The molecule has 0 saturated heterocycles. The highest BCUT2D eigenvalue weighted by atomic mass is 19.1. The Labute approximate surface area is 178 Å². The number of halogens is 1. The number of carbonyl (C=O) groups excluding carboxylic acids is 3. The third kappa shape index (κ3) is 5.20. The maximum atomic E-state index is 13.9. The molecule has 0 amide bonds. The van der Waals surface area contributed by atoms with E-state index in [9.17, 15) is 18.8 Å². The molecule has 7 nitrogen and oxygen atoms in total. The lowest BCUT2D eigenvalue weighted by Crippen LogP contribution is -2.26. The summed E-state index contributed by atoms with van der Waals surface area (Å²) in [5, 5.41) is 0.609. The monoisotopic (exact) mass is 429 g/mol. The van der Waals surface area contributed by atoms with Gasteiger partial charge in [0.25, 0.3) is 0 Å². The average Bonchev–Trinajstić information content (AvgIpc) is 3.30. The number of carbonyl (C=O) groups is 3. The van der Waals surface area contributed by atoms with Crippen LogP contribution in [0, 0.1) is 5.82 Å². The molecule has 1 aromatic carbocycles. The van der Waals surface area contributed by atoms with E-state index in [2.05, 4.69) is 4.74 Å². The zero-order valence-corrected chi connectivity index (χ0v) is 17.9. The van der Waals surface area contributed by atoms with Crippen LogP contribution in [0.5, 0.6) is 0 Å². The van der Waals surface area contributed by atoms with Gasteiger partial charge in [0, 0.05) is 35.6 Å². The van der Waals surface area contributed by atoms with Crippen LogP contribution < -0.4 is 0 Å². The van der Waals surface area contributed by atoms with Gasteiger partial charge in [-0.1, -0.05) is 0 Å². The molecule has 31 heavy (non-hydrogen) atoms. The molecule has 3 aromatic rings. The number of aromatic nitrogens is 1. The van der Waals surface area contributed by atoms with E-state index in [4.69, 9.17) is 9.15 Å². The predicted octanol–water partition coefficient (Wildman–Crippen LogP) is 5.35. The minimum atomic E-state index is -0.722. The standard InChI is InChI=1S/C23H24FNO6/c1-23(2,3)31-22(28)25-12-17(16-9-8-15(24)11-18(16)25)14-10-20(30-13-14)19(26)6-5-7-21(27)29-4/h8-13H,5-7H2,1-4H3. The molecule has 0 radical (unpaired) electrons. The van der Waals surface area contributed by atoms with Gasteiger partial charge in [-0.25, -0.2) is 9.18 Å². The maximum absolute atomic E-state index is 13.9. The fourth-order valence-corrected chi connectivity index (χ4v) is 3.13. The van der Waals surface area contributed by atoms with Gasteiger partial charge in [0.05, 0.1) is 18.9 Å². The molecule has 0 aliphatic carbocycles. The highest BCUT2D eigenvalue weighted by molar-refractivity contribution is 6.02. The highest BCUT2D eigenvalue weighted by Gasteiger charge is 2.23. The number of ether oxygens (including phenoxy) is 2. The van der Waals surface area contributed by atoms with Crippen LogP contribution >= 0.6 is 0 Å². The van der Waals surface area contributed by atoms with E-state index in [0.717, 1.165) is 0 Å². The van der Waals surface area contributed by atoms with Crippen molar-refractivity contribution in [2.24, 2.45) is 0 Å². The molecule has 0 aliphatic heterocycles. The van der Waals surface area contributed by atoms with E-state index in [1.807, 2.05) is 0 Å². The largest absolute Gasteiger partial charge is 0.469 e. The molecule has 0 saturated carbocycles. The van der Waals surface area contributed by atoms with Gasteiger partial charge in [-0.05, 0) is 51.5 Å². The van der Waals surface area contributed by atoms with Crippen molar-refractivity contribution in [3.05, 3.63) is 48.3 Å². The number of methoxy groups -OCH3 is 1. The van der Waals surface area contributed by atoms with Gasteiger partial charge in [0.1, 0.15) is 11.4 Å². The lowest BCUT2D eigenvalue weighted by Gasteiger charge is -2.19. The Balaban J connectivity index is 1.91. The molecule has 0 aliphatic rings. The summed E-state index contributed by atoms with van der Waals surface area (Å²) in [6, 6.07) is 5.68. The lowest BCUT2D eigenvalue weighted by molar-refractivity contribution is -0.140. The first-order chi connectivity index (χ1) is 14.6. The van der Waals surface area contributed by atoms with Crippen molar-refractivity contribution >= 4 is 28.7 Å². The summed E-state index contributed by atoms with van der Waals surface area (Å²) in [4.78, 5) is 36.2. The molecule has 0 spiro atoms. The Morgan fingerprint density at radius 2 is 1.87 bits per heavy atom. The first-order valence-corrected chi connectivity index (χ1v) is 9.82. The number of nitrogens with zero attached hydrogens (tertiary/aromatic N) is 1. The minimum Gasteiger partial charge on any atom is -0.469 e. The van der Waals surface area contributed by atoms with Crippen LogP contribution in [0.4, 0.5) is 9.18 Å². The molecule has 164 valence electrons. The smallest absolute Gasteiger partial charge is 0.419 e. The van der Waals surface area contributed by atoms with Crippen LogP contribution in [-0.2, 0) is 14.3 Å². The first-order valence-electron chi connectivity index (χ1n) is 9.82. The van der Waals surface area contributed by atoms with Gasteiger partial charge in [0.15, 0.2) is 11.5 Å². The summed E-state index contributed by atoms with van der Waals surface area (Å²) in [5.74, 6) is -0.983. The number of fused-ring (bicyclic) bond motifs is 1.